The summed E-state index contributed by atoms with van der Waals surface area (Å²) in [6.45, 7) is 7.91. The van der Waals surface area contributed by atoms with E-state index in [1.807, 2.05) is 18.2 Å². The summed E-state index contributed by atoms with van der Waals surface area (Å²) in [5.41, 5.74) is 13.1. The van der Waals surface area contributed by atoms with Gasteiger partial charge in [-0.15, -0.1) is 0 Å². The lowest BCUT2D eigenvalue weighted by molar-refractivity contribution is -0.123. The molecule has 3 heteroatoms. The van der Waals surface area contributed by atoms with Crippen LogP contribution in [0.15, 0.2) is 36.4 Å². The number of carbonyl (C=O) groups excluding carboxylic acids is 1. The summed E-state index contributed by atoms with van der Waals surface area (Å²) in [6.07, 6.45) is 0. The van der Waals surface area contributed by atoms with E-state index in [2.05, 4.69) is 43.9 Å². The van der Waals surface area contributed by atoms with Crippen molar-refractivity contribution in [3.8, 4) is 0 Å². The van der Waals surface area contributed by atoms with Gasteiger partial charge in [-0.2, -0.15) is 0 Å². The van der Waals surface area contributed by atoms with Gasteiger partial charge in [-0.05, 0) is 48.6 Å². The summed E-state index contributed by atoms with van der Waals surface area (Å²) in [6, 6.07) is 12.2. The van der Waals surface area contributed by atoms with Crippen molar-refractivity contribution in [1.82, 2.24) is 4.90 Å². The van der Waals surface area contributed by atoms with Crippen LogP contribution in [0.3, 0.4) is 0 Å². The zero-order chi connectivity index (χ0) is 15.9. The van der Waals surface area contributed by atoms with Gasteiger partial charge in [0, 0.05) is 13.1 Å². The fraction of sp³-hybridized carbons (Fsp3) is 0.316. The molecule has 2 N–H and O–H groups in total. The standard InChI is InChI=1S/C19H22N2O/c1-12-8-13(2)17(14(3)9-12)11-21-10-15-6-4-5-7-16(15)18(21)19(20)22/h4-9,18H,10-11H2,1-3H3,(H2,20,22). The summed E-state index contributed by atoms with van der Waals surface area (Å²) >= 11 is 0. The summed E-state index contributed by atoms with van der Waals surface area (Å²) in [5, 5.41) is 0. The highest BCUT2D eigenvalue weighted by Gasteiger charge is 2.34. The average Bonchev–Trinajstić information content (AvgIpc) is 2.80. The molecule has 1 unspecified atom stereocenters. The molecule has 1 aliphatic heterocycles. The van der Waals surface area contributed by atoms with Gasteiger partial charge in [0.15, 0.2) is 0 Å². The zero-order valence-electron chi connectivity index (χ0n) is 13.4. The fourth-order valence-corrected chi connectivity index (χ4v) is 3.59. The van der Waals surface area contributed by atoms with Gasteiger partial charge in [0.05, 0.1) is 0 Å². The topological polar surface area (TPSA) is 46.3 Å². The molecule has 2 aromatic carbocycles. The number of amides is 1. The highest BCUT2D eigenvalue weighted by Crippen LogP contribution is 2.35. The Bertz CT molecular complexity index is 713. The number of primary amides is 1. The number of carbonyl (C=O) groups is 1. The van der Waals surface area contributed by atoms with Crippen molar-refractivity contribution in [1.29, 1.82) is 0 Å². The van der Waals surface area contributed by atoms with Gasteiger partial charge in [0.1, 0.15) is 6.04 Å². The first-order valence-corrected chi connectivity index (χ1v) is 7.65. The molecule has 1 heterocycles. The van der Waals surface area contributed by atoms with Crippen LogP contribution in [0.5, 0.6) is 0 Å². The van der Waals surface area contributed by atoms with E-state index in [9.17, 15) is 4.79 Å². The third-order valence-electron chi connectivity index (χ3n) is 4.56. The molecular weight excluding hydrogens is 272 g/mol. The molecule has 1 amide bonds. The molecule has 22 heavy (non-hydrogen) atoms. The van der Waals surface area contributed by atoms with E-state index in [1.54, 1.807) is 0 Å². The second kappa shape index (κ2) is 5.58. The van der Waals surface area contributed by atoms with Gasteiger partial charge < -0.3 is 5.73 Å². The van der Waals surface area contributed by atoms with Gasteiger partial charge in [0.25, 0.3) is 0 Å². The van der Waals surface area contributed by atoms with Crippen LogP contribution in [-0.2, 0) is 17.9 Å². The molecule has 0 saturated carbocycles. The van der Waals surface area contributed by atoms with Crippen LogP contribution in [0.2, 0.25) is 0 Å². The van der Waals surface area contributed by atoms with E-state index in [4.69, 9.17) is 5.73 Å². The number of rotatable bonds is 3. The zero-order valence-corrected chi connectivity index (χ0v) is 13.4. The highest BCUT2D eigenvalue weighted by molar-refractivity contribution is 5.82. The van der Waals surface area contributed by atoms with Crippen LogP contribution in [0.25, 0.3) is 0 Å². The van der Waals surface area contributed by atoms with Crippen LogP contribution in [0, 0.1) is 20.8 Å². The van der Waals surface area contributed by atoms with Crippen LogP contribution in [-0.4, -0.2) is 10.8 Å². The molecule has 0 bridgehead atoms. The highest BCUT2D eigenvalue weighted by atomic mass is 16.1. The Kier molecular flexibility index (Phi) is 3.75. The number of hydrogen-bond donors (Lipinski definition) is 1. The van der Waals surface area contributed by atoms with Crippen LogP contribution < -0.4 is 5.73 Å². The van der Waals surface area contributed by atoms with Crippen molar-refractivity contribution in [2.75, 3.05) is 0 Å². The monoisotopic (exact) mass is 294 g/mol. The van der Waals surface area contributed by atoms with Gasteiger partial charge in [0.2, 0.25) is 5.91 Å². The number of hydrogen-bond acceptors (Lipinski definition) is 2. The molecule has 1 atom stereocenters. The lowest BCUT2D eigenvalue weighted by atomic mass is 9.99. The summed E-state index contributed by atoms with van der Waals surface area (Å²) in [7, 11) is 0. The van der Waals surface area contributed by atoms with E-state index in [1.165, 1.54) is 27.8 Å². The Hall–Kier alpha value is -2.13. The minimum Gasteiger partial charge on any atom is -0.368 e. The first kappa shape index (κ1) is 14.8. The maximum Gasteiger partial charge on any atom is 0.239 e. The summed E-state index contributed by atoms with van der Waals surface area (Å²) in [5.74, 6) is -0.271. The average molecular weight is 294 g/mol. The Morgan fingerprint density at radius 2 is 1.82 bits per heavy atom. The molecule has 2 aromatic rings. The Morgan fingerprint density at radius 3 is 2.45 bits per heavy atom. The van der Waals surface area contributed by atoms with E-state index < -0.39 is 0 Å². The lowest BCUT2D eigenvalue weighted by Gasteiger charge is -2.24. The minimum absolute atomic E-state index is 0.271. The van der Waals surface area contributed by atoms with Gasteiger partial charge in [-0.1, -0.05) is 42.0 Å². The van der Waals surface area contributed by atoms with E-state index in [0.717, 1.165) is 18.7 Å². The first-order valence-electron chi connectivity index (χ1n) is 7.65. The number of aryl methyl sites for hydroxylation is 3. The maximum atomic E-state index is 12.0. The smallest absolute Gasteiger partial charge is 0.239 e. The second-order valence-electron chi connectivity index (χ2n) is 6.29. The van der Waals surface area contributed by atoms with Crippen molar-refractivity contribution in [2.45, 2.75) is 39.9 Å². The first-order chi connectivity index (χ1) is 10.5. The quantitative estimate of drug-likeness (QED) is 0.945. The minimum atomic E-state index is -0.323. The maximum absolute atomic E-state index is 12.0. The summed E-state index contributed by atoms with van der Waals surface area (Å²) < 4.78 is 0. The Balaban J connectivity index is 1.95. The largest absolute Gasteiger partial charge is 0.368 e. The van der Waals surface area contributed by atoms with Crippen LogP contribution >= 0.6 is 0 Å². The number of nitrogens with zero attached hydrogens (tertiary/aromatic N) is 1. The lowest BCUT2D eigenvalue weighted by Crippen LogP contribution is -2.33. The number of fused-ring (bicyclic) bond motifs is 1. The van der Waals surface area contributed by atoms with Gasteiger partial charge in [-0.3, -0.25) is 9.69 Å². The van der Waals surface area contributed by atoms with Crippen molar-refractivity contribution in [3.63, 3.8) is 0 Å². The molecule has 0 radical (unpaired) electrons. The molecular formula is C19H22N2O. The third-order valence-corrected chi connectivity index (χ3v) is 4.56. The van der Waals surface area contributed by atoms with Crippen LogP contribution in [0.4, 0.5) is 0 Å². The Morgan fingerprint density at radius 1 is 1.18 bits per heavy atom. The van der Waals surface area contributed by atoms with Gasteiger partial charge >= 0.3 is 0 Å². The number of benzene rings is 2. The molecule has 0 saturated heterocycles. The Labute approximate surface area is 131 Å². The molecule has 0 fully saturated rings. The van der Waals surface area contributed by atoms with Crippen molar-refractivity contribution >= 4 is 5.91 Å². The van der Waals surface area contributed by atoms with E-state index >= 15 is 0 Å². The van der Waals surface area contributed by atoms with Crippen molar-refractivity contribution in [3.05, 3.63) is 69.8 Å². The molecule has 3 nitrogen and oxygen atoms in total. The second-order valence-corrected chi connectivity index (χ2v) is 6.29. The normalized spacial score (nSPS) is 17.5. The molecule has 0 spiro atoms. The molecule has 114 valence electrons. The van der Waals surface area contributed by atoms with Crippen LogP contribution in [0.1, 0.15) is 39.4 Å². The predicted octanol–water partition coefficient (Wildman–Crippen LogP) is 3.15. The third kappa shape index (κ3) is 2.53. The molecule has 1 aliphatic rings. The van der Waals surface area contributed by atoms with E-state index in [-0.39, 0.29) is 11.9 Å². The molecule has 0 aliphatic carbocycles. The number of nitrogens with two attached hydrogens (primary N) is 1. The van der Waals surface area contributed by atoms with Crippen molar-refractivity contribution in [2.24, 2.45) is 5.73 Å². The van der Waals surface area contributed by atoms with Gasteiger partial charge in [-0.25, -0.2) is 0 Å². The SMILES string of the molecule is Cc1cc(C)c(CN2Cc3ccccc3C2C(N)=O)c(C)c1. The predicted molar refractivity (Wildman–Crippen MR) is 88.3 cm³/mol. The molecule has 3 rings (SSSR count). The van der Waals surface area contributed by atoms with Crippen molar-refractivity contribution < 1.29 is 4.79 Å². The summed E-state index contributed by atoms with van der Waals surface area (Å²) in [4.78, 5) is 14.1. The van der Waals surface area contributed by atoms with E-state index in [0.29, 0.717) is 0 Å². The fourth-order valence-electron chi connectivity index (χ4n) is 3.59. The molecule has 0 aromatic heterocycles.